The van der Waals surface area contributed by atoms with Gasteiger partial charge in [-0.15, -0.1) is 5.10 Å². The first-order valence-corrected chi connectivity index (χ1v) is 5.85. The summed E-state index contributed by atoms with van der Waals surface area (Å²) in [4.78, 5) is 19.4. The predicted octanol–water partition coefficient (Wildman–Crippen LogP) is 0.423. The Morgan fingerprint density at radius 2 is 2.35 bits per heavy atom. The Balaban J connectivity index is 2.37. The van der Waals surface area contributed by atoms with Crippen molar-refractivity contribution in [1.82, 2.24) is 24.7 Å². The fourth-order valence-corrected chi connectivity index (χ4v) is 2.23. The van der Waals surface area contributed by atoms with Gasteiger partial charge in [0.1, 0.15) is 5.03 Å². The minimum absolute atomic E-state index is 0.207. The van der Waals surface area contributed by atoms with Gasteiger partial charge in [-0.3, -0.25) is 4.57 Å². The Bertz CT molecular complexity index is 589. The molecule has 2 rings (SSSR count). The molecule has 0 fully saturated rings. The van der Waals surface area contributed by atoms with Crippen molar-refractivity contribution in [3.05, 3.63) is 22.2 Å². The third kappa shape index (κ3) is 2.31. The largest absolute Gasteiger partial charge is 0.368 e. The Kier molecular flexibility index (Phi) is 3.14. The number of nitrogens with two attached hydrogens (primary N) is 1. The van der Waals surface area contributed by atoms with Crippen LogP contribution in [0.5, 0.6) is 0 Å². The Labute approximate surface area is 101 Å². The number of H-pyrrole nitrogens is 1. The van der Waals surface area contributed by atoms with Crippen molar-refractivity contribution in [3.63, 3.8) is 0 Å². The molecule has 0 saturated carbocycles. The van der Waals surface area contributed by atoms with E-state index in [2.05, 4.69) is 20.2 Å². The van der Waals surface area contributed by atoms with E-state index in [0.29, 0.717) is 16.7 Å². The molecule has 0 spiro atoms. The minimum atomic E-state index is -0.227. The maximum atomic E-state index is 11.4. The second-order valence-electron chi connectivity index (χ2n) is 3.37. The van der Waals surface area contributed by atoms with Crippen molar-refractivity contribution in [1.29, 1.82) is 0 Å². The van der Waals surface area contributed by atoms with Crippen LogP contribution in [0, 0.1) is 6.92 Å². The Hall–Kier alpha value is -1.83. The number of nitrogens with zero attached hydrogens (tertiary/aromatic N) is 4. The van der Waals surface area contributed by atoms with Crippen molar-refractivity contribution in [2.45, 2.75) is 30.6 Å². The van der Waals surface area contributed by atoms with Gasteiger partial charge in [0.25, 0.3) is 0 Å². The average molecular weight is 252 g/mol. The summed E-state index contributed by atoms with van der Waals surface area (Å²) in [5.41, 5.74) is 6.19. The van der Waals surface area contributed by atoms with Crippen LogP contribution < -0.4 is 11.4 Å². The molecule has 0 amide bonds. The van der Waals surface area contributed by atoms with Crippen molar-refractivity contribution < 1.29 is 0 Å². The van der Waals surface area contributed by atoms with E-state index in [1.54, 1.807) is 6.20 Å². The summed E-state index contributed by atoms with van der Waals surface area (Å²) in [6.45, 7) is 4.31. The summed E-state index contributed by atoms with van der Waals surface area (Å²) in [5.74, 6) is 0.207. The van der Waals surface area contributed by atoms with Gasteiger partial charge in [-0.25, -0.2) is 19.9 Å². The first kappa shape index (κ1) is 11.6. The summed E-state index contributed by atoms with van der Waals surface area (Å²) in [6, 6.07) is 0. The lowest BCUT2D eigenvalue weighted by molar-refractivity contribution is 0.660. The summed E-state index contributed by atoms with van der Waals surface area (Å²) in [5, 5.41) is 7.61. The number of hydrogen-bond donors (Lipinski definition) is 2. The lowest BCUT2D eigenvalue weighted by Gasteiger charge is -2.04. The SMILES string of the molecule is CCn1c(Sc2nc(N)ncc2C)n[nH]c1=O. The third-order valence-corrected chi connectivity index (χ3v) is 3.27. The highest BCUT2D eigenvalue weighted by molar-refractivity contribution is 7.99. The number of aryl methyl sites for hydroxylation is 1. The van der Waals surface area contributed by atoms with E-state index in [1.807, 2.05) is 13.8 Å². The van der Waals surface area contributed by atoms with Gasteiger partial charge >= 0.3 is 5.69 Å². The first-order chi connectivity index (χ1) is 8.11. The van der Waals surface area contributed by atoms with Gasteiger partial charge in [-0.2, -0.15) is 0 Å². The number of hydrogen-bond acceptors (Lipinski definition) is 6. The molecule has 90 valence electrons. The zero-order chi connectivity index (χ0) is 12.4. The Morgan fingerprint density at radius 1 is 1.59 bits per heavy atom. The normalized spacial score (nSPS) is 10.7. The van der Waals surface area contributed by atoms with E-state index < -0.39 is 0 Å². The van der Waals surface area contributed by atoms with E-state index in [-0.39, 0.29) is 11.6 Å². The van der Waals surface area contributed by atoms with Gasteiger partial charge in [0, 0.05) is 18.3 Å². The lowest BCUT2D eigenvalue weighted by atomic mass is 10.4. The zero-order valence-electron chi connectivity index (χ0n) is 9.47. The summed E-state index contributed by atoms with van der Waals surface area (Å²) < 4.78 is 1.53. The van der Waals surface area contributed by atoms with E-state index in [1.165, 1.54) is 16.3 Å². The standard InChI is InChI=1S/C9H12N6OS/c1-3-15-8(16)13-14-9(15)17-6-5(2)4-11-7(10)12-6/h4H,3H2,1-2H3,(H,13,16)(H2,10,11,12). The van der Waals surface area contributed by atoms with Gasteiger partial charge in [0.05, 0.1) is 0 Å². The fraction of sp³-hybridized carbons (Fsp3) is 0.333. The first-order valence-electron chi connectivity index (χ1n) is 5.04. The smallest absolute Gasteiger partial charge is 0.343 e. The molecule has 17 heavy (non-hydrogen) atoms. The molecule has 2 aromatic rings. The summed E-state index contributed by atoms with van der Waals surface area (Å²) in [6.07, 6.45) is 1.64. The van der Waals surface area contributed by atoms with E-state index in [0.717, 1.165) is 5.56 Å². The lowest BCUT2D eigenvalue weighted by Crippen LogP contribution is -2.16. The van der Waals surface area contributed by atoms with Crippen LogP contribution in [0.2, 0.25) is 0 Å². The highest BCUT2D eigenvalue weighted by atomic mass is 32.2. The topological polar surface area (TPSA) is 102 Å². The zero-order valence-corrected chi connectivity index (χ0v) is 10.3. The summed E-state index contributed by atoms with van der Waals surface area (Å²) >= 11 is 1.29. The molecule has 8 heteroatoms. The van der Waals surface area contributed by atoms with Gasteiger partial charge in [0.2, 0.25) is 5.95 Å². The monoisotopic (exact) mass is 252 g/mol. The molecule has 0 saturated heterocycles. The molecule has 0 aliphatic heterocycles. The van der Waals surface area contributed by atoms with E-state index >= 15 is 0 Å². The van der Waals surface area contributed by atoms with Crippen LogP contribution in [-0.2, 0) is 6.54 Å². The van der Waals surface area contributed by atoms with Gasteiger partial charge in [0.15, 0.2) is 5.16 Å². The molecule has 7 nitrogen and oxygen atoms in total. The second kappa shape index (κ2) is 4.58. The van der Waals surface area contributed by atoms with Crippen LogP contribution in [0.25, 0.3) is 0 Å². The molecule has 3 N–H and O–H groups in total. The molecule has 2 aromatic heterocycles. The maximum Gasteiger partial charge on any atom is 0.343 e. The second-order valence-corrected chi connectivity index (χ2v) is 4.33. The molecule has 0 atom stereocenters. The molecule has 0 aliphatic rings. The summed E-state index contributed by atoms with van der Waals surface area (Å²) in [7, 11) is 0. The highest BCUT2D eigenvalue weighted by Gasteiger charge is 2.11. The minimum Gasteiger partial charge on any atom is -0.368 e. The van der Waals surface area contributed by atoms with Crippen molar-refractivity contribution >= 4 is 17.7 Å². The molecular formula is C9H12N6OS. The number of aromatic nitrogens is 5. The molecular weight excluding hydrogens is 240 g/mol. The van der Waals surface area contributed by atoms with Crippen LogP contribution in [0.1, 0.15) is 12.5 Å². The Morgan fingerprint density at radius 3 is 3.06 bits per heavy atom. The van der Waals surface area contributed by atoms with Gasteiger partial charge < -0.3 is 5.73 Å². The van der Waals surface area contributed by atoms with Gasteiger partial charge in [-0.1, -0.05) is 0 Å². The molecule has 0 unspecified atom stereocenters. The maximum absolute atomic E-state index is 11.4. The fourth-order valence-electron chi connectivity index (χ4n) is 1.29. The molecule has 0 radical (unpaired) electrons. The molecule has 0 aliphatic carbocycles. The molecule has 0 bridgehead atoms. The molecule has 0 aromatic carbocycles. The van der Waals surface area contributed by atoms with Gasteiger partial charge in [-0.05, 0) is 25.6 Å². The third-order valence-electron chi connectivity index (χ3n) is 2.17. The van der Waals surface area contributed by atoms with Crippen LogP contribution in [0.15, 0.2) is 21.2 Å². The van der Waals surface area contributed by atoms with Crippen LogP contribution in [0.3, 0.4) is 0 Å². The molecule has 2 heterocycles. The van der Waals surface area contributed by atoms with E-state index in [4.69, 9.17) is 5.73 Å². The number of anilines is 1. The van der Waals surface area contributed by atoms with Crippen LogP contribution in [0.4, 0.5) is 5.95 Å². The number of nitrogens with one attached hydrogen (secondary N) is 1. The highest BCUT2D eigenvalue weighted by Crippen LogP contribution is 2.25. The number of nitrogen functional groups attached to an aromatic ring is 1. The number of rotatable bonds is 3. The average Bonchev–Trinajstić information content (AvgIpc) is 2.64. The van der Waals surface area contributed by atoms with Crippen molar-refractivity contribution in [2.24, 2.45) is 0 Å². The van der Waals surface area contributed by atoms with Crippen molar-refractivity contribution in [2.75, 3.05) is 5.73 Å². The quantitative estimate of drug-likeness (QED) is 0.768. The predicted molar refractivity (Wildman–Crippen MR) is 63.8 cm³/mol. The van der Waals surface area contributed by atoms with Crippen molar-refractivity contribution in [3.8, 4) is 0 Å². The van der Waals surface area contributed by atoms with E-state index in [9.17, 15) is 4.79 Å². The number of aromatic amines is 1. The van der Waals surface area contributed by atoms with Crippen LogP contribution in [-0.4, -0.2) is 24.7 Å². The van der Waals surface area contributed by atoms with Crippen LogP contribution >= 0.6 is 11.8 Å².